The molecule has 104 valence electrons. The minimum atomic E-state index is -1.49. The Labute approximate surface area is 110 Å². The molecule has 19 heavy (non-hydrogen) atoms. The highest BCUT2D eigenvalue weighted by Crippen LogP contribution is 2.19. The second-order valence-corrected chi connectivity index (χ2v) is 3.85. The zero-order chi connectivity index (χ0) is 14.4. The summed E-state index contributed by atoms with van der Waals surface area (Å²) in [6, 6.07) is 4.62. The van der Waals surface area contributed by atoms with E-state index in [1.54, 1.807) is 6.07 Å². The highest BCUT2D eigenvalue weighted by atomic mass is 16.5. The number of carboxylic acids is 1. The first kappa shape index (κ1) is 14.8. The number of ether oxygens (including phenoxy) is 1. The van der Waals surface area contributed by atoms with Gasteiger partial charge in [-0.3, -0.25) is 4.79 Å². The number of carbonyl (C=O) groups excluding carboxylic acids is 1. The first-order chi connectivity index (χ1) is 8.95. The second-order valence-electron chi connectivity index (χ2n) is 3.85. The Morgan fingerprint density at radius 2 is 2.16 bits per heavy atom. The Bertz CT molecular complexity index is 475. The number of carbonyl (C=O) groups is 2. The maximum atomic E-state index is 11.8. The fourth-order valence-electron chi connectivity index (χ4n) is 1.42. The Hall–Kier alpha value is -2.28. The summed E-state index contributed by atoms with van der Waals surface area (Å²) < 4.78 is 4.96. The summed E-state index contributed by atoms with van der Waals surface area (Å²) in [4.78, 5) is 22.1. The lowest BCUT2D eigenvalue weighted by molar-refractivity contribution is -0.146. The zero-order valence-electron chi connectivity index (χ0n) is 10.4. The molecule has 0 unspecified atom stereocenters. The lowest BCUT2D eigenvalue weighted by atomic mass is 10.1. The van der Waals surface area contributed by atoms with E-state index in [1.807, 2.05) is 0 Å². The van der Waals surface area contributed by atoms with Crippen LogP contribution >= 0.6 is 0 Å². The number of amides is 1. The van der Waals surface area contributed by atoms with Crippen molar-refractivity contribution < 1.29 is 24.5 Å². The number of anilines is 1. The predicted octanol–water partition coefficient (Wildman–Crippen LogP) is -0.157. The molecule has 0 bridgehead atoms. The molecule has 1 rings (SSSR count). The van der Waals surface area contributed by atoms with Crippen LogP contribution in [0.5, 0.6) is 5.75 Å². The molecule has 7 heteroatoms. The number of aliphatic hydroxyl groups is 1. The fraction of sp³-hybridized carbons (Fsp3) is 0.333. The Morgan fingerprint density at radius 3 is 2.68 bits per heavy atom. The van der Waals surface area contributed by atoms with Crippen molar-refractivity contribution in [2.24, 2.45) is 0 Å². The minimum absolute atomic E-state index is 0.0395. The lowest BCUT2D eigenvalue weighted by Gasteiger charge is -2.10. The molecule has 0 spiro atoms. The van der Waals surface area contributed by atoms with E-state index in [2.05, 4.69) is 5.32 Å². The monoisotopic (exact) mass is 268 g/mol. The van der Waals surface area contributed by atoms with Gasteiger partial charge in [0, 0.05) is 24.7 Å². The van der Waals surface area contributed by atoms with Gasteiger partial charge in [-0.25, -0.2) is 4.79 Å². The van der Waals surface area contributed by atoms with Crippen LogP contribution in [0.1, 0.15) is 16.8 Å². The molecule has 7 nitrogen and oxygen atoms in total. The number of aliphatic carboxylic acids is 1. The number of nitrogens with two attached hydrogens (primary N) is 1. The molecule has 0 aliphatic rings. The van der Waals surface area contributed by atoms with Crippen LogP contribution in [-0.2, 0) is 4.79 Å². The normalized spacial score (nSPS) is 11.7. The zero-order valence-corrected chi connectivity index (χ0v) is 10.4. The molecule has 0 aliphatic carbocycles. The average Bonchev–Trinajstić information content (AvgIpc) is 2.37. The van der Waals surface area contributed by atoms with E-state index in [-0.39, 0.29) is 24.2 Å². The van der Waals surface area contributed by atoms with Gasteiger partial charge in [0.1, 0.15) is 5.75 Å². The van der Waals surface area contributed by atoms with E-state index in [9.17, 15) is 9.59 Å². The SMILES string of the molecule is COc1ccc(C(=O)NCC[C@H](O)C(=O)O)c(N)c1. The smallest absolute Gasteiger partial charge is 0.332 e. The van der Waals surface area contributed by atoms with E-state index >= 15 is 0 Å². The molecule has 0 aliphatic heterocycles. The number of benzene rings is 1. The van der Waals surface area contributed by atoms with Gasteiger partial charge >= 0.3 is 5.97 Å². The fourth-order valence-corrected chi connectivity index (χ4v) is 1.42. The average molecular weight is 268 g/mol. The van der Waals surface area contributed by atoms with E-state index in [1.165, 1.54) is 19.2 Å². The minimum Gasteiger partial charge on any atom is -0.497 e. The Balaban J connectivity index is 2.57. The van der Waals surface area contributed by atoms with Crippen LogP contribution in [0.25, 0.3) is 0 Å². The molecule has 1 atom stereocenters. The largest absolute Gasteiger partial charge is 0.497 e. The van der Waals surface area contributed by atoms with Gasteiger partial charge in [-0.05, 0) is 12.1 Å². The molecule has 0 saturated heterocycles. The van der Waals surface area contributed by atoms with E-state index in [0.29, 0.717) is 5.75 Å². The molecule has 0 saturated carbocycles. The highest BCUT2D eigenvalue weighted by Gasteiger charge is 2.14. The van der Waals surface area contributed by atoms with Crippen LogP contribution in [-0.4, -0.2) is 41.8 Å². The summed E-state index contributed by atoms with van der Waals surface area (Å²) >= 11 is 0. The van der Waals surface area contributed by atoms with Gasteiger partial charge in [0.05, 0.1) is 12.7 Å². The van der Waals surface area contributed by atoms with Gasteiger partial charge in [-0.1, -0.05) is 0 Å². The molecule has 1 aromatic carbocycles. The summed E-state index contributed by atoms with van der Waals surface area (Å²) in [6.45, 7) is 0.0395. The van der Waals surface area contributed by atoms with Crippen LogP contribution in [0.2, 0.25) is 0 Å². The van der Waals surface area contributed by atoms with Crippen LogP contribution in [0.4, 0.5) is 5.69 Å². The third-order valence-corrected chi connectivity index (χ3v) is 2.49. The number of nitrogen functional groups attached to an aromatic ring is 1. The lowest BCUT2D eigenvalue weighted by Crippen LogP contribution is -2.30. The molecule has 0 heterocycles. The number of carboxylic acid groups (broad SMARTS) is 1. The van der Waals surface area contributed by atoms with Crippen molar-refractivity contribution in [1.29, 1.82) is 0 Å². The second kappa shape index (κ2) is 6.60. The molecular formula is C12H16N2O5. The number of nitrogens with one attached hydrogen (secondary N) is 1. The van der Waals surface area contributed by atoms with E-state index < -0.39 is 18.0 Å². The Kier molecular flexibility index (Phi) is 5.13. The van der Waals surface area contributed by atoms with Crippen molar-refractivity contribution in [3.8, 4) is 5.75 Å². The van der Waals surface area contributed by atoms with E-state index in [4.69, 9.17) is 20.7 Å². The van der Waals surface area contributed by atoms with Gasteiger partial charge in [-0.2, -0.15) is 0 Å². The third-order valence-electron chi connectivity index (χ3n) is 2.49. The molecule has 0 fully saturated rings. The van der Waals surface area contributed by atoms with Gasteiger partial charge in [0.25, 0.3) is 5.91 Å². The van der Waals surface area contributed by atoms with Crippen molar-refractivity contribution in [3.63, 3.8) is 0 Å². The topological polar surface area (TPSA) is 122 Å². The molecule has 0 radical (unpaired) electrons. The maximum Gasteiger partial charge on any atom is 0.332 e. The number of hydrogen-bond acceptors (Lipinski definition) is 5. The summed E-state index contributed by atoms with van der Waals surface area (Å²) in [5, 5.41) is 20.0. The van der Waals surface area contributed by atoms with Crippen LogP contribution in [0.3, 0.4) is 0 Å². The summed E-state index contributed by atoms with van der Waals surface area (Å²) in [5.41, 5.74) is 6.22. The van der Waals surface area contributed by atoms with Gasteiger partial charge in [0.15, 0.2) is 6.10 Å². The third kappa shape index (κ3) is 4.14. The molecule has 5 N–H and O–H groups in total. The molecule has 1 amide bonds. The van der Waals surface area contributed by atoms with Gasteiger partial charge < -0.3 is 26.0 Å². The van der Waals surface area contributed by atoms with Crippen molar-refractivity contribution in [3.05, 3.63) is 23.8 Å². The number of methoxy groups -OCH3 is 1. The van der Waals surface area contributed by atoms with Gasteiger partial charge in [0.2, 0.25) is 0 Å². The van der Waals surface area contributed by atoms with Crippen molar-refractivity contribution in [2.45, 2.75) is 12.5 Å². The maximum absolute atomic E-state index is 11.8. The van der Waals surface area contributed by atoms with Crippen molar-refractivity contribution >= 4 is 17.6 Å². The van der Waals surface area contributed by atoms with E-state index in [0.717, 1.165) is 0 Å². The molecular weight excluding hydrogens is 252 g/mol. The van der Waals surface area contributed by atoms with Gasteiger partial charge in [-0.15, -0.1) is 0 Å². The summed E-state index contributed by atoms with van der Waals surface area (Å²) in [5.74, 6) is -1.22. The molecule has 1 aromatic rings. The Morgan fingerprint density at radius 1 is 1.47 bits per heavy atom. The standard InChI is InChI=1S/C12H16N2O5/c1-19-7-2-3-8(9(13)6-7)11(16)14-5-4-10(15)12(17)18/h2-3,6,10,15H,4-5,13H2,1H3,(H,14,16)(H,17,18)/t10-/m0/s1. The first-order valence-corrected chi connectivity index (χ1v) is 5.58. The van der Waals surface area contributed by atoms with Crippen LogP contribution in [0, 0.1) is 0 Å². The van der Waals surface area contributed by atoms with Crippen molar-refractivity contribution in [1.82, 2.24) is 5.32 Å². The van der Waals surface area contributed by atoms with Crippen LogP contribution in [0.15, 0.2) is 18.2 Å². The predicted molar refractivity (Wildman–Crippen MR) is 68.0 cm³/mol. The summed E-state index contributed by atoms with van der Waals surface area (Å²) in [6.07, 6.45) is -1.56. The number of rotatable bonds is 6. The van der Waals surface area contributed by atoms with Crippen molar-refractivity contribution in [2.75, 3.05) is 19.4 Å². The molecule has 0 aromatic heterocycles. The first-order valence-electron chi connectivity index (χ1n) is 5.58. The summed E-state index contributed by atoms with van der Waals surface area (Å²) in [7, 11) is 1.49. The highest BCUT2D eigenvalue weighted by molar-refractivity contribution is 5.99. The van der Waals surface area contributed by atoms with Crippen LogP contribution < -0.4 is 15.8 Å². The number of hydrogen-bond donors (Lipinski definition) is 4. The quantitative estimate of drug-likeness (QED) is 0.532. The number of aliphatic hydroxyl groups excluding tert-OH is 1.